The highest BCUT2D eigenvalue weighted by molar-refractivity contribution is 4.88. The van der Waals surface area contributed by atoms with Gasteiger partial charge in [0.05, 0.1) is 0 Å². The quantitative estimate of drug-likeness (QED) is 0.617. The third-order valence-electron chi connectivity index (χ3n) is 4.03. The van der Waals surface area contributed by atoms with Crippen molar-refractivity contribution in [2.75, 3.05) is 0 Å². The number of rotatable bonds is 3. The molecule has 1 heteroatoms. The SMILES string of the molecule is CCCC(C)(C)C1CCC(C)(F)CC1. The van der Waals surface area contributed by atoms with E-state index in [1.807, 2.05) is 0 Å². The fourth-order valence-corrected chi connectivity index (χ4v) is 2.85. The van der Waals surface area contributed by atoms with Crippen LogP contribution in [-0.2, 0) is 0 Å². The van der Waals surface area contributed by atoms with Gasteiger partial charge in [0.2, 0.25) is 0 Å². The normalized spacial score (nSPS) is 34.5. The van der Waals surface area contributed by atoms with Crippen LogP contribution >= 0.6 is 0 Å². The lowest BCUT2D eigenvalue weighted by molar-refractivity contribution is 0.0526. The van der Waals surface area contributed by atoms with Gasteiger partial charge in [-0.25, -0.2) is 4.39 Å². The van der Waals surface area contributed by atoms with Crippen molar-refractivity contribution in [3.05, 3.63) is 0 Å². The highest BCUT2D eigenvalue weighted by Gasteiger charge is 2.37. The maximum Gasteiger partial charge on any atom is 0.108 e. The minimum Gasteiger partial charge on any atom is -0.244 e. The van der Waals surface area contributed by atoms with E-state index in [4.69, 9.17) is 0 Å². The first-order valence-electron chi connectivity index (χ1n) is 6.06. The minimum absolute atomic E-state index is 0.422. The van der Waals surface area contributed by atoms with Crippen molar-refractivity contribution in [3.8, 4) is 0 Å². The number of hydrogen-bond acceptors (Lipinski definition) is 0. The van der Waals surface area contributed by atoms with Crippen LogP contribution in [-0.4, -0.2) is 5.67 Å². The zero-order valence-electron chi connectivity index (χ0n) is 10.2. The molecule has 1 saturated carbocycles. The summed E-state index contributed by atoms with van der Waals surface area (Å²) < 4.78 is 13.6. The third kappa shape index (κ3) is 2.96. The lowest BCUT2D eigenvalue weighted by Crippen LogP contribution is -2.33. The Balaban J connectivity index is 2.48. The lowest BCUT2D eigenvalue weighted by Gasteiger charge is -2.40. The summed E-state index contributed by atoms with van der Waals surface area (Å²) in [7, 11) is 0. The molecular weight excluding hydrogens is 175 g/mol. The molecule has 0 spiro atoms. The molecule has 0 heterocycles. The first kappa shape index (κ1) is 12.0. The molecule has 0 bridgehead atoms. The van der Waals surface area contributed by atoms with Crippen molar-refractivity contribution in [1.82, 2.24) is 0 Å². The Labute approximate surface area is 88.3 Å². The second-order valence-electron chi connectivity index (χ2n) is 5.93. The molecule has 84 valence electrons. The molecule has 0 unspecified atom stereocenters. The second-order valence-corrected chi connectivity index (χ2v) is 5.93. The summed E-state index contributed by atoms with van der Waals surface area (Å²) >= 11 is 0. The maximum absolute atomic E-state index is 13.6. The summed E-state index contributed by atoms with van der Waals surface area (Å²) in [5, 5.41) is 0. The molecule has 14 heavy (non-hydrogen) atoms. The third-order valence-corrected chi connectivity index (χ3v) is 4.03. The van der Waals surface area contributed by atoms with Crippen molar-refractivity contribution in [1.29, 1.82) is 0 Å². The topological polar surface area (TPSA) is 0 Å². The van der Waals surface area contributed by atoms with Gasteiger partial charge in [-0.1, -0.05) is 27.2 Å². The molecular formula is C13H25F. The largest absolute Gasteiger partial charge is 0.244 e. The zero-order valence-corrected chi connectivity index (χ0v) is 10.2. The zero-order chi connectivity index (χ0) is 10.8. The highest BCUT2D eigenvalue weighted by atomic mass is 19.1. The molecule has 1 fully saturated rings. The fourth-order valence-electron chi connectivity index (χ4n) is 2.85. The van der Waals surface area contributed by atoms with Crippen molar-refractivity contribution in [3.63, 3.8) is 0 Å². The Bertz CT molecular complexity index is 172. The van der Waals surface area contributed by atoms with Crippen molar-refractivity contribution in [2.45, 2.75) is 71.9 Å². The number of alkyl halides is 1. The Hall–Kier alpha value is -0.0700. The van der Waals surface area contributed by atoms with Crippen molar-refractivity contribution >= 4 is 0 Å². The van der Waals surface area contributed by atoms with E-state index in [9.17, 15) is 4.39 Å². The molecule has 0 N–H and O–H groups in total. The van der Waals surface area contributed by atoms with Crippen LogP contribution in [0.5, 0.6) is 0 Å². The molecule has 1 aliphatic carbocycles. The van der Waals surface area contributed by atoms with Crippen LogP contribution in [0.25, 0.3) is 0 Å². The molecule has 1 aliphatic rings. The molecule has 0 atom stereocenters. The van der Waals surface area contributed by atoms with E-state index in [0.29, 0.717) is 5.41 Å². The molecule has 0 amide bonds. The molecule has 0 aromatic rings. The van der Waals surface area contributed by atoms with E-state index < -0.39 is 5.67 Å². The Morgan fingerprint density at radius 2 is 1.79 bits per heavy atom. The van der Waals surface area contributed by atoms with Crippen LogP contribution in [0.1, 0.15) is 66.2 Å². The van der Waals surface area contributed by atoms with E-state index in [0.717, 1.165) is 31.6 Å². The van der Waals surface area contributed by atoms with Crippen molar-refractivity contribution in [2.24, 2.45) is 11.3 Å². The molecule has 0 aromatic heterocycles. The van der Waals surface area contributed by atoms with Gasteiger partial charge >= 0.3 is 0 Å². The molecule has 0 radical (unpaired) electrons. The Morgan fingerprint density at radius 1 is 1.29 bits per heavy atom. The van der Waals surface area contributed by atoms with Gasteiger partial charge in [-0.15, -0.1) is 0 Å². The molecule has 0 aromatic carbocycles. The van der Waals surface area contributed by atoms with Crippen LogP contribution in [0.3, 0.4) is 0 Å². The minimum atomic E-state index is -0.876. The average molecular weight is 200 g/mol. The van der Waals surface area contributed by atoms with E-state index in [1.165, 1.54) is 12.8 Å². The second kappa shape index (κ2) is 4.20. The highest BCUT2D eigenvalue weighted by Crippen LogP contribution is 2.44. The first-order chi connectivity index (χ1) is 6.37. The van der Waals surface area contributed by atoms with Crippen LogP contribution in [0.4, 0.5) is 4.39 Å². The average Bonchev–Trinajstić information content (AvgIpc) is 2.03. The van der Waals surface area contributed by atoms with E-state index in [2.05, 4.69) is 20.8 Å². The van der Waals surface area contributed by atoms with Gasteiger partial charge in [-0.2, -0.15) is 0 Å². The van der Waals surface area contributed by atoms with Crippen LogP contribution in [0.15, 0.2) is 0 Å². The van der Waals surface area contributed by atoms with Crippen molar-refractivity contribution < 1.29 is 4.39 Å². The monoisotopic (exact) mass is 200 g/mol. The number of hydrogen-bond donors (Lipinski definition) is 0. The summed E-state index contributed by atoms with van der Waals surface area (Å²) in [6, 6.07) is 0. The van der Waals surface area contributed by atoms with Crippen LogP contribution in [0, 0.1) is 11.3 Å². The van der Waals surface area contributed by atoms with Gasteiger partial charge < -0.3 is 0 Å². The predicted molar refractivity (Wildman–Crippen MR) is 60.2 cm³/mol. The standard InChI is InChI=1S/C13H25F/c1-5-8-12(2,3)11-6-9-13(4,14)10-7-11/h11H,5-10H2,1-4H3. The Morgan fingerprint density at radius 3 is 2.21 bits per heavy atom. The summed E-state index contributed by atoms with van der Waals surface area (Å²) in [4.78, 5) is 0. The summed E-state index contributed by atoms with van der Waals surface area (Å²) in [5.74, 6) is 0.742. The van der Waals surface area contributed by atoms with Gasteiger partial charge in [0, 0.05) is 0 Å². The number of halogens is 1. The molecule has 1 rings (SSSR count). The molecule has 0 nitrogen and oxygen atoms in total. The Kier molecular flexibility index (Phi) is 3.60. The fraction of sp³-hybridized carbons (Fsp3) is 1.00. The summed E-state index contributed by atoms with van der Waals surface area (Å²) in [6.45, 7) is 8.70. The first-order valence-corrected chi connectivity index (χ1v) is 6.06. The van der Waals surface area contributed by atoms with Gasteiger partial charge in [0.15, 0.2) is 0 Å². The summed E-state index contributed by atoms with van der Waals surface area (Å²) in [6.07, 6.45) is 6.23. The summed E-state index contributed by atoms with van der Waals surface area (Å²) in [5.41, 5.74) is -0.454. The van der Waals surface area contributed by atoms with E-state index in [-0.39, 0.29) is 0 Å². The van der Waals surface area contributed by atoms with E-state index >= 15 is 0 Å². The smallest absolute Gasteiger partial charge is 0.108 e. The lowest BCUT2D eigenvalue weighted by atomic mass is 9.66. The molecule has 0 saturated heterocycles. The van der Waals surface area contributed by atoms with Gasteiger partial charge in [-0.05, 0) is 50.4 Å². The van der Waals surface area contributed by atoms with Gasteiger partial charge in [0.25, 0.3) is 0 Å². The van der Waals surface area contributed by atoms with E-state index in [1.54, 1.807) is 6.92 Å². The molecule has 0 aliphatic heterocycles. The van der Waals surface area contributed by atoms with Gasteiger partial charge in [-0.3, -0.25) is 0 Å². The van der Waals surface area contributed by atoms with Crippen LogP contribution in [0.2, 0.25) is 0 Å². The van der Waals surface area contributed by atoms with Crippen LogP contribution < -0.4 is 0 Å². The van der Waals surface area contributed by atoms with Gasteiger partial charge in [0.1, 0.15) is 5.67 Å². The predicted octanol–water partition coefficient (Wildman–Crippen LogP) is 4.73. The maximum atomic E-state index is 13.6.